The van der Waals surface area contributed by atoms with Gasteiger partial charge in [-0.2, -0.15) is 16.8 Å². The molecule has 0 fully saturated rings. The van der Waals surface area contributed by atoms with E-state index in [0.717, 1.165) is 77.4 Å². The van der Waals surface area contributed by atoms with E-state index >= 15 is 4.79 Å². The van der Waals surface area contributed by atoms with Crippen LogP contribution in [-0.4, -0.2) is 125 Å². The van der Waals surface area contributed by atoms with Crippen LogP contribution in [0.3, 0.4) is 0 Å². The van der Waals surface area contributed by atoms with Crippen LogP contribution in [0, 0.1) is 0 Å². The van der Waals surface area contributed by atoms with Gasteiger partial charge in [0.25, 0.3) is 20.2 Å². The second-order valence-corrected chi connectivity index (χ2v) is 26.5. The standard InChI is InChI=1S/C64H60N6O10S2/c1-69(2,29-11-35-81(73,74)75)31-33-79-41-23-27-45-43-15-5-7-17-49(43)63(51(45)37-41)65-53-19-9-13-39-21-25-47(59(67-63)55(39)53)57-61(71)58(62(57)72)48-26-22-40-14-10-20-54-56(40)60(48)68-64(66-54)50-18-8-6-16-44(50)46-28-24-42(38-52(46)64)80-34-32-70(3,4)30-12-36-82(76,77)78/h5-10,13-28,37-38H,11-12,29-36H2,1-4H3,(H4-2,65,66,67,68,71,72,73,74,75,76,77,78)/p+2. The Morgan fingerprint density at radius 1 is 0.524 bits per heavy atom. The number of hydrogen-bond acceptors (Lipinski definition) is 12. The fourth-order valence-electron chi connectivity index (χ4n) is 12.9. The smallest absolute Gasteiger partial charge is 0.265 e. The molecule has 82 heavy (non-hydrogen) atoms. The number of aliphatic hydroxyl groups excluding tert-OH is 1. The molecule has 2 unspecified atom stereocenters. The summed E-state index contributed by atoms with van der Waals surface area (Å²) < 4.78 is 78.1. The number of anilines is 3. The van der Waals surface area contributed by atoms with Crippen molar-refractivity contribution >= 4 is 75.8 Å². The highest BCUT2D eigenvalue weighted by atomic mass is 32.2. The summed E-state index contributed by atoms with van der Waals surface area (Å²) in [7, 11) is -0.107. The highest BCUT2D eigenvalue weighted by Crippen LogP contribution is 2.56. The number of rotatable bonds is 17. The number of nitrogens with zero attached hydrogens (tertiary/aromatic N) is 3. The van der Waals surface area contributed by atoms with Gasteiger partial charge in [-0.3, -0.25) is 13.9 Å². The summed E-state index contributed by atoms with van der Waals surface area (Å²) in [5.41, 5.74) is 8.72. The van der Waals surface area contributed by atoms with Gasteiger partial charge in [-0.05, 0) is 69.4 Å². The molecule has 0 amide bonds. The molecule has 5 aliphatic rings. The quantitative estimate of drug-likeness (QED) is 0.0372. The molecule has 13 rings (SSSR count). The maximum atomic E-state index is 15.4. The van der Waals surface area contributed by atoms with E-state index in [0.29, 0.717) is 94.5 Å². The molecule has 0 saturated carbocycles. The van der Waals surface area contributed by atoms with Crippen molar-refractivity contribution in [2.24, 2.45) is 4.99 Å². The van der Waals surface area contributed by atoms with Crippen molar-refractivity contribution in [3.63, 3.8) is 0 Å². The summed E-state index contributed by atoms with van der Waals surface area (Å²) >= 11 is 0. The number of fused-ring (bicyclic) bond motifs is 10. The van der Waals surface area contributed by atoms with Gasteiger partial charge < -0.3 is 39.5 Å². The van der Waals surface area contributed by atoms with Gasteiger partial charge in [-0.1, -0.05) is 109 Å². The summed E-state index contributed by atoms with van der Waals surface area (Å²) in [6.07, 6.45) is 0.633. The third-order valence-electron chi connectivity index (χ3n) is 17.0. The Kier molecular flexibility index (Phi) is 12.5. The van der Waals surface area contributed by atoms with Crippen molar-refractivity contribution in [1.29, 1.82) is 0 Å². The molecule has 0 saturated heterocycles. The molecule has 6 N–H and O–H groups in total. The summed E-state index contributed by atoms with van der Waals surface area (Å²) in [4.78, 5) is 21.1. The van der Waals surface area contributed by atoms with Gasteiger partial charge in [0, 0.05) is 68.0 Å². The number of benzene rings is 8. The zero-order valence-corrected chi connectivity index (χ0v) is 47.4. The molecule has 18 heteroatoms. The second-order valence-electron chi connectivity index (χ2n) is 23.4. The lowest BCUT2D eigenvalue weighted by Gasteiger charge is -2.41. The van der Waals surface area contributed by atoms with Crippen molar-refractivity contribution in [2.45, 2.75) is 24.2 Å². The lowest BCUT2D eigenvalue weighted by atomic mass is 9.79. The van der Waals surface area contributed by atoms with Crippen LogP contribution in [0.5, 0.6) is 11.5 Å². The Morgan fingerprint density at radius 3 is 1.67 bits per heavy atom. The number of Topliss-reactive ketones (excluding diaryl/α,β-unsaturated/α-hetero) is 1. The Hall–Kier alpha value is -8.10. The van der Waals surface area contributed by atoms with E-state index in [1.165, 1.54) is 0 Å². The van der Waals surface area contributed by atoms with E-state index < -0.39 is 31.6 Å². The van der Waals surface area contributed by atoms with E-state index in [4.69, 9.17) is 14.5 Å². The highest BCUT2D eigenvalue weighted by Gasteiger charge is 2.49. The first kappa shape index (κ1) is 53.2. The largest absolute Gasteiger partial charge is 0.506 e. The molecular weight excluding hydrogens is 1080 g/mol. The fourth-order valence-corrected chi connectivity index (χ4v) is 13.9. The van der Waals surface area contributed by atoms with Gasteiger partial charge in [0.15, 0.2) is 11.3 Å². The molecule has 3 aliphatic carbocycles. The molecule has 2 heterocycles. The van der Waals surface area contributed by atoms with Crippen LogP contribution in [0.4, 0.5) is 17.1 Å². The average Bonchev–Trinajstić information content (AvgIpc) is 3.30. The van der Waals surface area contributed by atoms with Crippen molar-refractivity contribution in [1.82, 2.24) is 0 Å². The minimum atomic E-state index is -4.05. The van der Waals surface area contributed by atoms with E-state index in [-0.39, 0.29) is 34.2 Å². The number of quaternary nitrogens is 2. The number of ether oxygens (including phenoxy) is 2. The number of nitrogens with one attached hydrogen (secondary N) is 3. The Morgan fingerprint density at radius 2 is 1.05 bits per heavy atom. The topological polar surface area (TPSA) is 213 Å². The van der Waals surface area contributed by atoms with E-state index in [1.54, 1.807) is 0 Å². The van der Waals surface area contributed by atoms with Crippen molar-refractivity contribution < 1.29 is 54.3 Å². The monoisotopic (exact) mass is 1140 g/mol. The molecule has 0 aromatic heterocycles. The third-order valence-corrected chi connectivity index (χ3v) is 18.6. The van der Waals surface area contributed by atoms with Crippen LogP contribution in [0.1, 0.15) is 40.7 Å². The number of allylic oxidation sites excluding steroid dienone is 2. The van der Waals surface area contributed by atoms with Gasteiger partial charge in [-0.15, -0.1) is 0 Å². The number of aliphatic hydroxyl groups is 1. The molecule has 8 aromatic rings. The molecule has 2 aliphatic heterocycles. The number of ketones is 1. The summed E-state index contributed by atoms with van der Waals surface area (Å²) in [6, 6.07) is 48.3. The fraction of sp³-hybridized carbons (Fsp3) is 0.250. The maximum absolute atomic E-state index is 15.4. The van der Waals surface area contributed by atoms with E-state index in [1.807, 2.05) is 143 Å². The number of likely N-dealkylation sites (N-methyl/N-ethyl adjacent to an activating group) is 2. The van der Waals surface area contributed by atoms with Crippen LogP contribution in [0.15, 0.2) is 156 Å². The molecule has 8 aromatic carbocycles. The predicted octanol–water partition coefficient (Wildman–Crippen LogP) is 8.81. The number of carbonyl (C=O) groups is 1. The molecule has 418 valence electrons. The minimum absolute atomic E-state index is 0.132. The van der Waals surface area contributed by atoms with Crippen LogP contribution in [0.2, 0.25) is 0 Å². The van der Waals surface area contributed by atoms with Gasteiger partial charge in [-0.25, -0.2) is 4.99 Å². The summed E-state index contributed by atoms with van der Waals surface area (Å²) in [5.74, 6) is 0.226. The maximum Gasteiger partial charge on any atom is 0.265 e. The SMILES string of the molecule is C[N+](C)(CCCS(=O)(=O)O)CCOc1ccc2c(c1)C1(N=c3c(=C4C(=O)C(c5ccc6cccc7c6c5NC5(N7)c6ccccc6-c6ccc(OCC[N+](C)(C)CCCS(=O)(=O)O)cc65)=C4O)ccc4cccc(c34)N1)c1ccccc1-2. The summed E-state index contributed by atoms with van der Waals surface area (Å²) in [6.45, 7) is 2.95. The Labute approximate surface area is 475 Å². The molecule has 2 spiro atoms. The molecule has 2 atom stereocenters. The Balaban J connectivity index is 0.889. The number of hydrogen-bond donors (Lipinski definition) is 6. The van der Waals surface area contributed by atoms with Gasteiger partial charge in [0.2, 0.25) is 5.78 Å². The normalized spacial score (nSPS) is 19.0. The molecule has 0 radical (unpaired) electrons. The van der Waals surface area contributed by atoms with Crippen molar-refractivity contribution in [2.75, 3.05) is 95.0 Å². The van der Waals surface area contributed by atoms with Crippen LogP contribution >= 0.6 is 0 Å². The van der Waals surface area contributed by atoms with Crippen LogP contribution in [0.25, 0.3) is 54.9 Å². The van der Waals surface area contributed by atoms with Gasteiger partial charge >= 0.3 is 0 Å². The third kappa shape index (κ3) is 9.04. The molecule has 16 nitrogen and oxygen atoms in total. The zero-order chi connectivity index (χ0) is 57.1. The predicted molar refractivity (Wildman–Crippen MR) is 320 cm³/mol. The number of carbonyl (C=O) groups excluding carboxylic acids is 1. The van der Waals surface area contributed by atoms with E-state index in [2.05, 4.69) is 46.3 Å². The Bertz CT molecular complexity index is 4470. The first-order valence-electron chi connectivity index (χ1n) is 27.5. The van der Waals surface area contributed by atoms with Crippen molar-refractivity contribution in [3.8, 4) is 33.8 Å². The lowest BCUT2D eigenvalue weighted by Crippen LogP contribution is -2.45. The molecule has 0 bridgehead atoms. The first-order valence-corrected chi connectivity index (χ1v) is 30.7. The minimum Gasteiger partial charge on any atom is -0.506 e. The second kappa shape index (κ2) is 19.3. The molecular formula is C64H62N6O10S2+2. The highest BCUT2D eigenvalue weighted by molar-refractivity contribution is 7.86. The van der Waals surface area contributed by atoms with Gasteiger partial charge in [0.1, 0.15) is 43.6 Å². The van der Waals surface area contributed by atoms with Crippen molar-refractivity contribution in [3.05, 3.63) is 190 Å². The zero-order valence-electron chi connectivity index (χ0n) is 45.8. The average molecular weight is 1140 g/mol. The van der Waals surface area contributed by atoms with Crippen LogP contribution in [-0.2, 0) is 36.4 Å². The summed E-state index contributed by atoms with van der Waals surface area (Å²) in [5, 5.41) is 29.0. The van der Waals surface area contributed by atoms with Gasteiger partial charge in [0.05, 0.1) is 75.0 Å². The van der Waals surface area contributed by atoms with Crippen LogP contribution < -0.4 is 36.0 Å². The lowest BCUT2D eigenvalue weighted by molar-refractivity contribution is -0.890. The first-order chi connectivity index (χ1) is 39.1. The van der Waals surface area contributed by atoms with E-state index in [9.17, 15) is 31.0 Å².